The van der Waals surface area contributed by atoms with Gasteiger partial charge in [0.25, 0.3) is 5.91 Å². The standard InChI is InChI=1S/C17H17NO3S/c1-3-11-21-15-6-4-5-14(12-15)18-17(19)13-7-9-16(10-8-13)22(2)20/h3-10,12H,1,11H2,2H3,(H,18,19). The van der Waals surface area contributed by atoms with Crippen LogP contribution in [0.4, 0.5) is 5.69 Å². The Morgan fingerprint density at radius 1 is 1.27 bits per heavy atom. The fraction of sp³-hybridized carbons (Fsp3) is 0.118. The number of ether oxygens (including phenoxy) is 1. The summed E-state index contributed by atoms with van der Waals surface area (Å²) >= 11 is 0. The Morgan fingerprint density at radius 3 is 2.64 bits per heavy atom. The second kappa shape index (κ2) is 7.56. The van der Waals surface area contributed by atoms with E-state index in [-0.39, 0.29) is 5.91 Å². The van der Waals surface area contributed by atoms with Crippen molar-refractivity contribution < 1.29 is 13.7 Å². The van der Waals surface area contributed by atoms with Gasteiger partial charge >= 0.3 is 0 Å². The SMILES string of the molecule is C=CCOc1cccc(NC(=O)c2ccc(S(C)=O)cc2)c1. The van der Waals surface area contributed by atoms with Gasteiger partial charge in [-0.2, -0.15) is 0 Å². The Morgan fingerprint density at radius 2 is 2.00 bits per heavy atom. The molecular weight excluding hydrogens is 298 g/mol. The molecule has 0 aromatic heterocycles. The Kier molecular flexibility index (Phi) is 5.49. The van der Waals surface area contributed by atoms with Gasteiger partial charge in [0.15, 0.2) is 0 Å². The van der Waals surface area contributed by atoms with Gasteiger partial charge in [-0.15, -0.1) is 0 Å². The zero-order valence-corrected chi connectivity index (χ0v) is 13.1. The number of nitrogens with one attached hydrogen (secondary N) is 1. The highest BCUT2D eigenvalue weighted by molar-refractivity contribution is 7.84. The van der Waals surface area contributed by atoms with Crippen LogP contribution in [0.25, 0.3) is 0 Å². The Balaban J connectivity index is 2.07. The molecule has 0 spiro atoms. The van der Waals surface area contributed by atoms with Crippen LogP contribution >= 0.6 is 0 Å². The Bertz CT molecular complexity index is 695. The molecule has 0 aliphatic carbocycles. The third-order valence-corrected chi connectivity index (χ3v) is 3.84. The number of hydrogen-bond acceptors (Lipinski definition) is 3. The summed E-state index contributed by atoms with van der Waals surface area (Å²) in [6, 6.07) is 13.8. The third kappa shape index (κ3) is 4.30. The van der Waals surface area contributed by atoms with E-state index in [0.717, 1.165) is 0 Å². The molecule has 0 saturated carbocycles. The van der Waals surface area contributed by atoms with Crippen LogP contribution in [0.2, 0.25) is 0 Å². The summed E-state index contributed by atoms with van der Waals surface area (Å²) < 4.78 is 16.8. The number of hydrogen-bond donors (Lipinski definition) is 1. The van der Waals surface area contributed by atoms with Crippen LogP contribution in [0.15, 0.2) is 66.1 Å². The molecule has 0 heterocycles. The summed E-state index contributed by atoms with van der Waals surface area (Å²) in [5, 5.41) is 2.80. The molecule has 2 aromatic carbocycles. The van der Waals surface area contributed by atoms with Crippen molar-refractivity contribution in [2.45, 2.75) is 4.90 Å². The van der Waals surface area contributed by atoms with E-state index < -0.39 is 10.8 Å². The molecule has 5 heteroatoms. The van der Waals surface area contributed by atoms with Crippen LogP contribution in [0.3, 0.4) is 0 Å². The van der Waals surface area contributed by atoms with Crippen molar-refractivity contribution in [2.75, 3.05) is 18.2 Å². The smallest absolute Gasteiger partial charge is 0.255 e. The lowest BCUT2D eigenvalue weighted by Gasteiger charge is -2.08. The van der Waals surface area contributed by atoms with Gasteiger partial charge in [-0.3, -0.25) is 9.00 Å². The predicted octanol–water partition coefficient (Wildman–Crippen LogP) is 3.24. The first kappa shape index (κ1) is 16.0. The maximum absolute atomic E-state index is 12.2. The van der Waals surface area contributed by atoms with Gasteiger partial charge in [0.1, 0.15) is 12.4 Å². The predicted molar refractivity (Wildman–Crippen MR) is 88.9 cm³/mol. The minimum absolute atomic E-state index is 0.227. The van der Waals surface area contributed by atoms with Crippen LogP contribution < -0.4 is 10.1 Å². The highest BCUT2D eigenvalue weighted by atomic mass is 32.2. The molecule has 2 rings (SSSR count). The lowest BCUT2D eigenvalue weighted by molar-refractivity contribution is 0.102. The molecule has 0 aliphatic rings. The second-order valence-electron chi connectivity index (χ2n) is 4.56. The average Bonchev–Trinajstić information content (AvgIpc) is 2.53. The van der Waals surface area contributed by atoms with Gasteiger partial charge < -0.3 is 10.1 Å². The van der Waals surface area contributed by atoms with Crippen molar-refractivity contribution in [3.05, 3.63) is 66.7 Å². The van der Waals surface area contributed by atoms with E-state index in [4.69, 9.17) is 4.74 Å². The lowest BCUT2D eigenvalue weighted by Crippen LogP contribution is -2.12. The summed E-state index contributed by atoms with van der Waals surface area (Å²) in [5.74, 6) is 0.434. The van der Waals surface area contributed by atoms with Gasteiger partial charge in [0.05, 0.1) is 0 Å². The normalized spacial score (nSPS) is 11.5. The van der Waals surface area contributed by atoms with E-state index in [1.807, 2.05) is 6.07 Å². The Labute approximate surface area is 132 Å². The van der Waals surface area contributed by atoms with Gasteiger partial charge in [-0.25, -0.2) is 0 Å². The molecule has 22 heavy (non-hydrogen) atoms. The minimum Gasteiger partial charge on any atom is -0.489 e. The van der Waals surface area contributed by atoms with Crippen LogP contribution in [0.5, 0.6) is 5.75 Å². The van der Waals surface area contributed by atoms with Crippen LogP contribution in [-0.4, -0.2) is 23.0 Å². The first-order chi connectivity index (χ1) is 10.6. The van der Waals surface area contributed by atoms with Crippen molar-refractivity contribution in [2.24, 2.45) is 0 Å². The molecule has 0 aliphatic heterocycles. The van der Waals surface area contributed by atoms with Crippen molar-refractivity contribution in [1.82, 2.24) is 0 Å². The lowest BCUT2D eigenvalue weighted by atomic mass is 10.2. The van der Waals surface area contributed by atoms with E-state index in [9.17, 15) is 9.00 Å². The molecular formula is C17H17NO3S. The summed E-state index contributed by atoms with van der Waals surface area (Å²) in [6.45, 7) is 4.00. The largest absolute Gasteiger partial charge is 0.489 e. The molecule has 1 amide bonds. The summed E-state index contributed by atoms with van der Waals surface area (Å²) in [7, 11) is -1.05. The molecule has 2 aromatic rings. The number of amides is 1. The molecule has 0 saturated heterocycles. The van der Waals surface area contributed by atoms with E-state index in [1.54, 1.807) is 54.8 Å². The van der Waals surface area contributed by atoms with E-state index >= 15 is 0 Å². The number of benzene rings is 2. The van der Waals surface area contributed by atoms with E-state index in [0.29, 0.717) is 28.5 Å². The molecule has 0 bridgehead atoms. The number of carbonyl (C=O) groups excluding carboxylic acids is 1. The van der Waals surface area contributed by atoms with Crippen molar-refractivity contribution in [3.8, 4) is 5.75 Å². The quantitative estimate of drug-likeness (QED) is 0.833. The fourth-order valence-electron chi connectivity index (χ4n) is 1.82. The Hall–Kier alpha value is -2.40. The average molecular weight is 315 g/mol. The first-order valence-electron chi connectivity index (χ1n) is 6.69. The van der Waals surface area contributed by atoms with Crippen molar-refractivity contribution >= 4 is 22.4 Å². The fourth-order valence-corrected chi connectivity index (χ4v) is 2.34. The molecule has 1 unspecified atom stereocenters. The topological polar surface area (TPSA) is 55.4 Å². The van der Waals surface area contributed by atoms with Crippen LogP contribution in [0.1, 0.15) is 10.4 Å². The van der Waals surface area contributed by atoms with Crippen LogP contribution in [0, 0.1) is 0 Å². The molecule has 1 atom stereocenters. The molecule has 1 N–H and O–H groups in total. The van der Waals surface area contributed by atoms with Crippen LogP contribution in [-0.2, 0) is 10.8 Å². The summed E-state index contributed by atoms with van der Waals surface area (Å²) in [4.78, 5) is 12.9. The van der Waals surface area contributed by atoms with Crippen molar-refractivity contribution in [1.29, 1.82) is 0 Å². The van der Waals surface area contributed by atoms with E-state index in [1.165, 1.54) is 0 Å². The second-order valence-corrected chi connectivity index (χ2v) is 5.94. The summed E-state index contributed by atoms with van der Waals surface area (Å²) in [6.07, 6.45) is 3.26. The first-order valence-corrected chi connectivity index (χ1v) is 8.24. The zero-order valence-electron chi connectivity index (χ0n) is 12.2. The maximum Gasteiger partial charge on any atom is 0.255 e. The maximum atomic E-state index is 12.2. The van der Waals surface area contributed by atoms with Gasteiger partial charge in [0, 0.05) is 39.3 Å². The molecule has 4 nitrogen and oxygen atoms in total. The van der Waals surface area contributed by atoms with Crippen molar-refractivity contribution in [3.63, 3.8) is 0 Å². The van der Waals surface area contributed by atoms with Gasteiger partial charge in [-0.05, 0) is 36.4 Å². The molecule has 114 valence electrons. The third-order valence-electron chi connectivity index (χ3n) is 2.91. The monoisotopic (exact) mass is 315 g/mol. The van der Waals surface area contributed by atoms with Gasteiger partial charge in [-0.1, -0.05) is 18.7 Å². The summed E-state index contributed by atoms with van der Waals surface area (Å²) in [5.41, 5.74) is 1.15. The number of rotatable bonds is 6. The molecule has 0 radical (unpaired) electrons. The van der Waals surface area contributed by atoms with E-state index in [2.05, 4.69) is 11.9 Å². The number of carbonyl (C=O) groups is 1. The van der Waals surface area contributed by atoms with Gasteiger partial charge in [0.2, 0.25) is 0 Å². The minimum atomic E-state index is -1.05. The highest BCUT2D eigenvalue weighted by Gasteiger charge is 2.07. The molecule has 0 fully saturated rings. The number of anilines is 1. The highest BCUT2D eigenvalue weighted by Crippen LogP contribution is 2.18. The zero-order chi connectivity index (χ0) is 15.9.